The van der Waals surface area contributed by atoms with Crippen LogP contribution in [0.1, 0.15) is 39.5 Å². The van der Waals surface area contributed by atoms with Crippen LogP contribution in [-0.4, -0.2) is 26.6 Å². The van der Waals surface area contributed by atoms with Gasteiger partial charge in [-0.2, -0.15) is 0 Å². The lowest BCUT2D eigenvalue weighted by molar-refractivity contribution is -0.118. The van der Waals surface area contributed by atoms with Gasteiger partial charge in [-0.3, -0.25) is 4.79 Å². The van der Waals surface area contributed by atoms with E-state index in [0.717, 1.165) is 24.2 Å². The first-order valence-corrected chi connectivity index (χ1v) is 11.5. The number of rotatable bonds is 6. The van der Waals surface area contributed by atoms with Crippen LogP contribution in [0.3, 0.4) is 0 Å². The minimum absolute atomic E-state index is 0.0534. The summed E-state index contributed by atoms with van der Waals surface area (Å²) in [6.45, 7) is 3.62. The molecule has 1 aromatic rings. The fraction of sp³-hybridized carbons (Fsp3) is 0.611. The third kappa shape index (κ3) is 4.04. The molecule has 0 heterocycles. The van der Waals surface area contributed by atoms with Crippen molar-refractivity contribution in [3.63, 3.8) is 0 Å². The predicted molar refractivity (Wildman–Crippen MR) is 101 cm³/mol. The van der Waals surface area contributed by atoms with E-state index in [4.69, 9.17) is 0 Å². The van der Waals surface area contributed by atoms with E-state index in [1.54, 1.807) is 18.2 Å². The summed E-state index contributed by atoms with van der Waals surface area (Å²) in [7, 11) is -3.58. The van der Waals surface area contributed by atoms with Crippen LogP contribution < -0.4 is 10.0 Å². The minimum atomic E-state index is -3.58. The van der Waals surface area contributed by atoms with Crippen LogP contribution in [0.4, 0.5) is 5.69 Å². The first-order valence-electron chi connectivity index (χ1n) is 8.81. The number of thioether (sulfide) groups is 1. The van der Waals surface area contributed by atoms with Crippen LogP contribution in [0.25, 0.3) is 0 Å². The normalized spacial score (nSPS) is 25.5. The van der Waals surface area contributed by atoms with Gasteiger partial charge in [-0.05, 0) is 55.6 Å². The Morgan fingerprint density at radius 3 is 2.56 bits per heavy atom. The Morgan fingerprint density at radius 2 is 2.00 bits per heavy atom. The molecule has 0 radical (unpaired) electrons. The standard InChI is InChI=1S/C18H26N2O3S2/c1-11(2)18(21)19-16-10-14(6-7-17(16)24-3)25(22,23)20-15-9-12-4-5-13(15)8-12/h6-7,10-13,15,20H,4-5,8-9H2,1-3H3,(H,19,21). The predicted octanol–water partition coefficient (Wildman–Crippen LogP) is 3.47. The molecule has 138 valence electrons. The molecule has 2 aliphatic carbocycles. The van der Waals surface area contributed by atoms with Gasteiger partial charge in [0.05, 0.1) is 10.6 Å². The monoisotopic (exact) mass is 382 g/mol. The molecule has 3 unspecified atom stereocenters. The fourth-order valence-corrected chi connectivity index (χ4v) is 5.76. The summed E-state index contributed by atoms with van der Waals surface area (Å²) in [4.78, 5) is 13.1. The van der Waals surface area contributed by atoms with Crippen molar-refractivity contribution in [1.29, 1.82) is 0 Å². The van der Waals surface area contributed by atoms with Crippen molar-refractivity contribution in [3.8, 4) is 0 Å². The largest absolute Gasteiger partial charge is 0.325 e. The van der Waals surface area contributed by atoms with Gasteiger partial charge in [0, 0.05) is 16.9 Å². The Morgan fingerprint density at radius 1 is 1.24 bits per heavy atom. The van der Waals surface area contributed by atoms with Gasteiger partial charge < -0.3 is 5.32 Å². The maximum atomic E-state index is 12.8. The second-order valence-corrected chi connectivity index (χ2v) is 9.97. The average Bonchev–Trinajstić information content (AvgIpc) is 3.17. The van der Waals surface area contributed by atoms with Gasteiger partial charge in [0.25, 0.3) is 0 Å². The molecule has 7 heteroatoms. The van der Waals surface area contributed by atoms with E-state index in [-0.39, 0.29) is 22.8 Å². The molecular formula is C18H26N2O3S2. The quantitative estimate of drug-likeness (QED) is 0.739. The molecule has 5 nitrogen and oxygen atoms in total. The van der Waals surface area contributed by atoms with E-state index < -0.39 is 10.0 Å². The van der Waals surface area contributed by atoms with E-state index in [1.165, 1.54) is 18.2 Å². The summed E-state index contributed by atoms with van der Waals surface area (Å²) in [6, 6.07) is 5.00. The molecule has 2 aliphatic rings. The highest BCUT2D eigenvalue weighted by Crippen LogP contribution is 2.45. The molecule has 2 fully saturated rings. The van der Waals surface area contributed by atoms with Crippen molar-refractivity contribution >= 4 is 33.4 Å². The highest BCUT2D eigenvalue weighted by molar-refractivity contribution is 7.98. The van der Waals surface area contributed by atoms with Crippen molar-refractivity contribution < 1.29 is 13.2 Å². The van der Waals surface area contributed by atoms with Crippen molar-refractivity contribution in [2.24, 2.45) is 17.8 Å². The second-order valence-electron chi connectivity index (χ2n) is 7.41. The molecule has 2 bridgehead atoms. The van der Waals surface area contributed by atoms with E-state index in [9.17, 15) is 13.2 Å². The summed E-state index contributed by atoms with van der Waals surface area (Å²) in [5.74, 6) is 0.871. The number of anilines is 1. The minimum Gasteiger partial charge on any atom is -0.325 e. The topological polar surface area (TPSA) is 75.3 Å². The highest BCUT2D eigenvalue weighted by Gasteiger charge is 2.41. The Labute approximate surface area is 154 Å². The summed E-state index contributed by atoms with van der Waals surface area (Å²) >= 11 is 1.48. The number of carbonyl (C=O) groups is 1. The molecule has 1 aromatic carbocycles. The zero-order valence-corrected chi connectivity index (χ0v) is 16.5. The Kier molecular flexibility index (Phi) is 5.46. The van der Waals surface area contributed by atoms with Crippen LogP contribution >= 0.6 is 11.8 Å². The number of fused-ring (bicyclic) bond motifs is 2. The van der Waals surface area contributed by atoms with Gasteiger partial charge in [0.2, 0.25) is 15.9 Å². The maximum absolute atomic E-state index is 12.8. The number of hydrogen-bond acceptors (Lipinski definition) is 4. The average molecular weight is 383 g/mol. The van der Waals surface area contributed by atoms with Gasteiger partial charge in [-0.25, -0.2) is 13.1 Å². The Balaban J connectivity index is 1.82. The number of carbonyl (C=O) groups excluding carboxylic acids is 1. The molecule has 0 saturated heterocycles. The third-order valence-corrected chi connectivity index (χ3v) is 7.59. The van der Waals surface area contributed by atoms with Crippen molar-refractivity contribution in [1.82, 2.24) is 4.72 Å². The zero-order chi connectivity index (χ0) is 18.2. The fourth-order valence-electron chi connectivity index (χ4n) is 3.89. The van der Waals surface area contributed by atoms with Gasteiger partial charge in [0.15, 0.2) is 0 Å². The SMILES string of the molecule is CSc1ccc(S(=O)(=O)NC2CC3CCC2C3)cc1NC(=O)C(C)C. The number of benzene rings is 1. The third-order valence-electron chi connectivity index (χ3n) is 5.31. The number of amides is 1. The maximum Gasteiger partial charge on any atom is 0.240 e. The molecule has 25 heavy (non-hydrogen) atoms. The summed E-state index contributed by atoms with van der Waals surface area (Å²) in [5, 5.41) is 2.84. The first-order chi connectivity index (χ1) is 11.8. The van der Waals surface area contributed by atoms with E-state index >= 15 is 0 Å². The van der Waals surface area contributed by atoms with Crippen molar-refractivity contribution in [2.75, 3.05) is 11.6 Å². The lowest BCUT2D eigenvalue weighted by Crippen LogP contribution is -2.38. The molecule has 2 saturated carbocycles. The molecule has 3 rings (SSSR count). The van der Waals surface area contributed by atoms with E-state index in [1.807, 2.05) is 20.1 Å². The number of sulfonamides is 1. The molecule has 0 aromatic heterocycles. The smallest absolute Gasteiger partial charge is 0.240 e. The molecule has 0 spiro atoms. The van der Waals surface area contributed by atoms with Crippen LogP contribution in [0.5, 0.6) is 0 Å². The van der Waals surface area contributed by atoms with Gasteiger partial charge in [-0.15, -0.1) is 11.8 Å². The van der Waals surface area contributed by atoms with Crippen molar-refractivity contribution in [3.05, 3.63) is 18.2 Å². The van der Waals surface area contributed by atoms with Crippen molar-refractivity contribution in [2.45, 2.75) is 55.4 Å². The highest BCUT2D eigenvalue weighted by atomic mass is 32.2. The van der Waals surface area contributed by atoms with Crippen LogP contribution in [0.15, 0.2) is 28.0 Å². The second kappa shape index (κ2) is 7.29. The lowest BCUT2D eigenvalue weighted by atomic mass is 9.96. The summed E-state index contributed by atoms with van der Waals surface area (Å²) in [5.41, 5.74) is 0.557. The number of nitrogens with one attached hydrogen (secondary N) is 2. The van der Waals surface area contributed by atoms with Crippen LogP contribution in [-0.2, 0) is 14.8 Å². The van der Waals surface area contributed by atoms with Crippen LogP contribution in [0.2, 0.25) is 0 Å². The van der Waals surface area contributed by atoms with E-state index in [0.29, 0.717) is 17.5 Å². The van der Waals surface area contributed by atoms with Gasteiger partial charge >= 0.3 is 0 Å². The molecule has 0 aliphatic heterocycles. The summed E-state index contributed by atoms with van der Waals surface area (Å²) < 4.78 is 28.5. The number of hydrogen-bond donors (Lipinski definition) is 2. The lowest BCUT2D eigenvalue weighted by Gasteiger charge is -2.23. The molecule has 2 N–H and O–H groups in total. The Bertz CT molecular complexity index is 762. The molecule has 1 amide bonds. The van der Waals surface area contributed by atoms with Crippen LogP contribution in [0, 0.1) is 17.8 Å². The van der Waals surface area contributed by atoms with E-state index in [2.05, 4.69) is 10.0 Å². The Hall–Kier alpha value is -1.05. The molecule has 3 atom stereocenters. The summed E-state index contributed by atoms with van der Waals surface area (Å²) in [6.07, 6.45) is 6.36. The zero-order valence-electron chi connectivity index (χ0n) is 14.9. The molecular weight excluding hydrogens is 356 g/mol. The van der Waals surface area contributed by atoms with Gasteiger partial charge in [-0.1, -0.05) is 20.3 Å². The first kappa shape index (κ1) is 18.7. The van der Waals surface area contributed by atoms with Gasteiger partial charge in [0.1, 0.15) is 0 Å².